The van der Waals surface area contributed by atoms with Crippen LogP contribution in [0.25, 0.3) is 0 Å². The molecule has 0 amide bonds. The van der Waals surface area contributed by atoms with Gasteiger partial charge < -0.3 is 0 Å². The fourth-order valence-electron chi connectivity index (χ4n) is 0. The van der Waals surface area contributed by atoms with Gasteiger partial charge in [0.25, 0.3) is 0 Å². The molecule has 0 unspecified atom stereocenters. The summed E-state index contributed by atoms with van der Waals surface area (Å²) in [7, 11) is 0. The Hall–Kier alpha value is 2.90. The quantitative estimate of drug-likeness (QED) is 0.363. The minimum absolute atomic E-state index is 0. The van der Waals surface area contributed by atoms with Gasteiger partial charge in [0.15, 0.2) is 0 Å². The molecular formula is IrRuTaZr. The molecule has 2 radical (unpaired) electrons. The summed E-state index contributed by atoms with van der Waals surface area (Å²) in [6.45, 7) is 0. The summed E-state index contributed by atoms with van der Waals surface area (Å²) in [5.41, 5.74) is 0. The summed E-state index contributed by atoms with van der Waals surface area (Å²) in [6, 6.07) is 0. The van der Waals surface area contributed by atoms with E-state index in [-0.39, 0.29) is 88.2 Å². The molecule has 0 atom stereocenters. The average molecular weight is 565 g/mol. The Labute approximate surface area is 86.6 Å². The van der Waals surface area contributed by atoms with E-state index in [9.17, 15) is 0 Å². The first-order chi connectivity index (χ1) is 0. The first-order valence-corrected chi connectivity index (χ1v) is 0. The summed E-state index contributed by atoms with van der Waals surface area (Å²) in [6.07, 6.45) is 0. The third-order valence-electron chi connectivity index (χ3n) is 0. The van der Waals surface area contributed by atoms with Crippen molar-refractivity contribution in [3.05, 3.63) is 0 Å². The molecule has 0 aromatic rings. The zero-order valence-corrected chi connectivity index (χ0v) is 11.4. The zero-order valence-electron chi connectivity index (χ0n) is 1.63. The van der Waals surface area contributed by atoms with Crippen molar-refractivity contribution in [3.63, 3.8) is 0 Å². The SMILES string of the molecule is [Ir].[Ru].[Ta].[Zr]. The van der Waals surface area contributed by atoms with E-state index in [1.807, 2.05) is 0 Å². The van der Waals surface area contributed by atoms with Crippen LogP contribution in [0.5, 0.6) is 0 Å². The molecule has 0 N–H and O–H groups in total. The number of rotatable bonds is 0. The van der Waals surface area contributed by atoms with E-state index in [0.717, 1.165) is 0 Å². The average Bonchev–Trinajstić information content (AvgIpc) is 0. The van der Waals surface area contributed by atoms with Gasteiger partial charge in [-0.2, -0.15) is 0 Å². The van der Waals surface area contributed by atoms with Crippen LogP contribution in [0.15, 0.2) is 0 Å². The van der Waals surface area contributed by atoms with E-state index in [1.54, 1.807) is 0 Å². The maximum absolute atomic E-state index is 0. The molecule has 0 bridgehead atoms. The van der Waals surface area contributed by atoms with E-state index in [2.05, 4.69) is 0 Å². The van der Waals surface area contributed by atoms with Crippen molar-refractivity contribution >= 4 is 0 Å². The Bertz CT molecular complexity index is 8.00. The molecule has 4 heavy (non-hydrogen) atoms. The molecule has 0 spiro atoms. The molecule has 0 fully saturated rings. The van der Waals surface area contributed by atoms with Crippen molar-refractivity contribution in [2.45, 2.75) is 0 Å². The van der Waals surface area contributed by atoms with E-state index >= 15 is 0 Å². The second-order valence-corrected chi connectivity index (χ2v) is 0. The van der Waals surface area contributed by atoms with Crippen LogP contribution >= 0.6 is 0 Å². The van der Waals surface area contributed by atoms with Gasteiger partial charge in [-0.1, -0.05) is 0 Å². The third kappa shape index (κ3) is 8.86. The molecule has 4 heteroatoms. The third-order valence-corrected chi connectivity index (χ3v) is 0. The van der Waals surface area contributed by atoms with E-state index in [1.165, 1.54) is 0 Å². The standard InChI is InChI=1S/Ir.Ru.Ta.Zr. The Morgan fingerprint density at radius 2 is 1.00 bits per heavy atom. The second kappa shape index (κ2) is 16.9. The topological polar surface area (TPSA) is 0 Å². The van der Waals surface area contributed by atoms with Crippen molar-refractivity contribution in [3.8, 4) is 0 Å². The van der Waals surface area contributed by atoms with Gasteiger partial charge in [0.05, 0.1) is 0 Å². The molecule has 0 aromatic carbocycles. The zero-order chi connectivity index (χ0) is 0. The minimum atomic E-state index is 0. The molecule has 0 aliphatic carbocycles. The second-order valence-electron chi connectivity index (χ2n) is 0. The predicted octanol–water partition coefficient (Wildman–Crippen LogP) is -0.0100. The molecule has 0 aliphatic heterocycles. The van der Waals surface area contributed by atoms with Crippen molar-refractivity contribution in [2.24, 2.45) is 0 Å². The van der Waals surface area contributed by atoms with Gasteiger partial charge in [0.2, 0.25) is 0 Å². The van der Waals surface area contributed by atoms with Crippen LogP contribution in [0.1, 0.15) is 0 Å². The summed E-state index contributed by atoms with van der Waals surface area (Å²) < 4.78 is 0. The van der Waals surface area contributed by atoms with Gasteiger partial charge >= 0.3 is 0 Å². The number of hydrogen-bond acceptors (Lipinski definition) is 0. The monoisotopic (exact) mass is 566 g/mol. The molecule has 0 rings (SSSR count). The van der Waals surface area contributed by atoms with Crippen LogP contribution in [0.2, 0.25) is 0 Å². The van der Waals surface area contributed by atoms with E-state index in [0.29, 0.717) is 0 Å². The van der Waals surface area contributed by atoms with Crippen LogP contribution in [0.3, 0.4) is 0 Å². The molecule has 0 saturated heterocycles. The van der Waals surface area contributed by atoms with Crippen LogP contribution in [0.4, 0.5) is 0 Å². The van der Waals surface area contributed by atoms with Crippen molar-refractivity contribution in [1.29, 1.82) is 0 Å². The van der Waals surface area contributed by atoms with Crippen LogP contribution < -0.4 is 0 Å². The Morgan fingerprint density at radius 1 is 1.00 bits per heavy atom. The van der Waals surface area contributed by atoms with Crippen molar-refractivity contribution in [1.82, 2.24) is 0 Å². The first-order valence-electron chi connectivity index (χ1n) is 0. The van der Waals surface area contributed by atoms with Crippen molar-refractivity contribution < 1.29 is 88.2 Å². The molecule has 0 nitrogen and oxygen atoms in total. The molecular weight excluding hydrogens is 565 g/mol. The van der Waals surface area contributed by atoms with Gasteiger partial charge in [-0.05, 0) is 0 Å². The summed E-state index contributed by atoms with van der Waals surface area (Å²) in [5.74, 6) is 0. The largest absolute Gasteiger partial charge is 0 e. The minimum Gasteiger partial charge on any atom is 0 e. The Morgan fingerprint density at radius 3 is 1.00 bits per heavy atom. The summed E-state index contributed by atoms with van der Waals surface area (Å²) in [4.78, 5) is 0. The number of hydrogen-bond donors (Lipinski definition) is 0. The van der Waals surface area contributed by atoms with Gasteiger partial charge in [-0.15, -0.1) is 0 Å². The smallest absolute Gasteiger partial charge is 0 e. The fourth-order valence-corrected chi connectivity index (χ4v) is 0. The molecule has 0 saturated carbocycles. The Kier molecular flexibility index (Phi) is 120. The molecule has 0 heterocycles. The van der Waals surface area contributed by atoms with Gasteiger partial charge in [0, 0.05) is 88.2 Å². The first kappa shape index (κ1) is 28.6. The van der Waals surface area contributed by atoms with Crippen LogP contribution in [0, 0.1) is 0 Å². The van der Waals surface area contributed by atoms with E-state index in [4.69, 9.17) is 0 Å². The van der Waals surface area contributed by atoms with Crippen LogP contribution in [-0.4, -0.2) is 0 Å². The molecule has 0 aromatic heterocycles. The molecule has 0 aliphatic rings. The van der Waals surface area contributed by atoms with Gasteiger partial charge in [-0.3, -0.25) is 0 Å². The molecule has 26 valence electrons. The maximum Gasteiger partial charge on any atom is 0 e. The predicted molar refractivity (Wildman–Crippen MR) is 0 cm³/mol. The van der Waals surface area contributed by atoms with Crippen LogP contribution in [-0.2, 0) is 88.2 Å². The Balaban J connectivity index is 0. The van der Waals surface area contributed by atoms with Gasteiger partial charge in [-0.25, -0.2) is 0 Å². The van der Waals surface area contributed by atoms with Crippen molar-refractivity contribution in [2.75, 3.05) is 0 Å². The maximum atomic E-state index is 0. The van der Waals surface area contributed by atoms with Gasteiger partial charge in [0.1, 0.15) is 0 Å². The summed E-state index contributed by atoms with van der Waals surface area (Å²) in [5, 5.41) is 0. The van der Waals surface area contributed by atoms with E-state index < -0.39 is 0 Å². The normalized spacial score (nSPS) is 0. The fraction of sp³-hybridized carbons (Fsp3) is 0. The summed E-state index contributed by atoms with van der Waals surface area (Å²) >= 11 is 0.